The number of rotatable bonds is 9. The predicted molar refractivity (Wildman–Crippen MR) is 67.7 cm³/mol. The highest BCUT2D eigenvalue weighted by Crippen LogP contribution is 2.14. The van der Waals surface area contributed by atoms with Crippen molar-refractivity contribution in [3.05, 3.63) is 0 Å². The molecule has 0 aromatic heterocycles. The van der Waals surface area contributed by atoms with Crippen LogP contribution in [0, 0.1) is 0 Å². The maximum Gasteiger partial charge on any atom is 0.230 e. The van der Waals surface area contributed by atoms with Gasteiger partial charge in [0, 0.05) is 12.9 Å². The van der Waals surface area contributed by atoms with E-state index in [1.807, 2.05) is 13.8 Å². The van der Waals surface area contributed by atoms with Gasteiger partial charge in [0.1, 0.15) is 0 Å². The van der Waals surface area contributed by atoms with Gasteiger partial charge in [-0.05, 0) is 12.8 Å². The predicted octanol–water partition coefficient (Wildman–Crippen LogP) is 1.03. The maximum absolute atomic E-state index is 11.6. The van der Waals surface area contributed by atoms with Crippen LogP contribution in [-0.2, 0) is 9.53 Å². The van der Waals surface area contributed by atoms with Crippen molar-refractivity contribution in [3.8, 4) is 0 Å². The molecule has 0 heterocycles. The normalized spacial score (nSPS) is 11.5. The van der Waals surface area contributed by atoms with Gasteiger partial charge in [-0.25, -0.2) is 0 Å². The first-order valence-corrected chi connectivity index (χ1v) is 6.78. The second-order valence-corrected chi connectivity index (χ2v) is 4.84. The average molecular weight is 249 g/mol. The second kappa shape index (κ2) is 8.84. The zero-order valence-corrected chi connectivity index (χ0v) is 11.2. The third kappa shape index (κ3) is 5.72. The number of amides is 1. The molecule has 4 nitrogen and oxygen atoms in total. The first-order chi connectivity index (χ1) is 7.64. The molecule has 0 atom stereocenters. The molecule has 0 radical (unpaired) electrons. The third-order valence-electron chi connectivity index (χ3n) is 2.73. The number of ether oxygens (including phenoxy) is 1. The molecule has 1 amide bonds. The van der Waals surface area contributed by atoms with Gasteiger partial charge in [0.15, 0.2) is 0 Å². The minimum atomic E-state index is -0.446. The molecular formula is C11H23NO3S. The SMILES string of the molecule is CCC(CC)(CO)NC(=O)CSCCOC. The van der Waals surface area contributed by atoms with Crippen LogP contribution in [0.25, 0.3) is 0 Å². The molecule has 96 valence electrons. The highest BCUT2D eigenvalue weighted by Gasteiger charge is 2.26. The Morgan fingerprint density at radius 3 is 2.50 bits per heavy atom. The lowest BCUT2D eigenvalue weighted by molar-refractivity contribution is -0.121. The van der Waals surface area contributed by atoms with Crippen LogP contribution in [0.1, 0.15) is 26.7 Å². The number of methoxy groups -OCH3 is 1. The number of nitrogens with one attached hydrogen (secondary N) is 1. The number of hydrogen-bond acceptors (Lipinski definition) is 4. The van der Waals surface area contributed by atoms with Gasteiger partial charge in [-0.2, -0.15) is 0 Å². The molecule has 0 fully saturated rings. The van der Waals surface area contributed by atoms with Gasteiger partial charge in [0.25, 0.3) is 0 Å². The molecule has 0 aliphatic rings. The fourth-order valence-electron chi connectivity index (χ4n) is 1.33. The van der Waals surface area contributed by atoms with Crippen LogP contribution in [-0.4, -0.2) is 48.4 Å². The molecule has 0 unspecified atom stereocenters. The summed E-state index contributed by atoms with van der Waals surface area (Å²) in [5, 5.41) is 12.2. The topological polar surface area (TPSA) is 58.6 Å². The van der Waals surface area contributed by atoms with Gasteiger partial charge in [0.05, 0.1) is 24.5 Å². The summed E-state index contributed by atoms with van der Waals surface area (Å²) < 4.78 is 4.90. The van der Waals surface area contributed by atoms with E-state index in [4.69, 9.17) is 4.74 Å². The van der Waals surface area contributed by atoms with Crippen LogP contribution >= 0.6 is 11.8 Å². The van der Waals surface area contributed by atoms with Crippen molar-refractivity contribution in [2.45, 2.75) is 32.2 Å². The molecule has 0 aromatic carbocycles. The molecule has 5 heteroatoms. The highest BCUT2D eigenvalue weighted by atomic mass is 32.2. The van der Waals surface area contributed by atoms with Crippen LogP contribution < -0.4 is 5.32 Å². The van der Waals surface area contributed by atoms with E-state index < -0.39 is 5.54 Å². The van der Waals surface area contributed by atoms with E-state index in [0.717, 1.165) is 18.6 Å². The van der Waals surface area contributed by atoms with Gasteiger partial charge in [-0.3, -0.25) is 4.79 Å². The van der Waals surface area contributed by atoms with E-state index in [1.54, 1.807) is 7.11 Å². The molecule has 0 rings (SSSR count). The number of thioether (sulfide) groups is 1. The van der Waals surface area contributed by atoms with E-state index in [-0.39, 0.29) is 12.5 Å². The van der Waals surface area contributed by atoms with E-state index in [2.05, 4.69) is 5.32 Å². The Bertz CT molecular complexity index is 187. The highest BCUT2D eigenvalue weighted by molar-refractivity contribution is 7.99. The van der Waals surface area contributed by atoms with E-state index in [1.165, 1.54) is 11.8 Å². The van der Waals surface area contributed by atoms with Crippen LogP contribution in [0.5, 0.6) is 0 Å². The summed E-state index contributed by atoms with van der Waals surface area (Å²) in [6.45, 7) is 4.59. The monoisotopic (exact) mass is 249 g/mol. The lowest BCUT2D eigenvalue weighted by Crippen LogP contribution is -2.51. The van der Waals surface area contributed by atoms with E-state index in [0.29, 0.717) is 12.4 Å². The lowest BCUT2D eigenvalue weighted by Gasteiger charge is -2.30. The summed E-state index contributed by atoms with van der Waals surface area (Å²) in [5.74, 6) is 1.22. The van der Waals surface area contributed by atoms with Gasteiger partial charge in [-0.15, -0.1) is 11.8 Å². The molecule has 0 aromatic rings. The summed E-state index contributed by atoms with van der Waals surface area (Å²) in [4.78, 5) is 11.6. The molecule has 0 saturated carbocycles. The first-order valence-electron chi connectivity index (χ1n) is 5.62. The molecule has 16 heavy (non-hydrogen) atoms. The Kier molecular flexibility index (Phi) is 8.70. The summed E-state index contributed by atoms with van der Waals surface area (Å²) in [6, 6.07) is 0. The van der Waals surface area contributed by atoms with Gasteiger partial charge >= 0.3 is 0 Å². The average Bonchev–Trinajstić information content (AvgIpc) is 2.32. The Hall–Kier alpha value is -0.260. The number of carbonyl (C=O) groups excluding carboxylic acids is 1. The number of hydrogen-bond donors (Lipinski definition) is 2. The number of carbonyl (C=O) groups is 1. The minimum Gasteiger partial charge on any atom is -0.394 e. The number of aliphatic hydroxyl groups is 1. The van der Waals surface area contributed by atoms with Gasteiger partial charge < -0.3 is 15.2 Å². The standard InChI is InChI=1S/C11H23NO3S/c1-4-11(5-2,9-13)12-10(14)8-16-7-6-15-3/h13H,4-9H2,1-3H3,(H,12,14). The van der Waals surface area contributed by atoms with Crippen molar-refractivity contribution in [1.82, 2.24) is 5.32 Å². The van der Waals surface area contributed by atoms with Gasteiger partial charge in [0.2, 0.25) is 5.91 Å². The zero-order valence-electron chi connectivity index (χ0n) is 10.4. The van der Waals surface area contributed by atoms with Crippen LogP contribution in [0.15, 0.2) is 0 Å². The quantitative estimate of drug-likeness (QED) is 0.599. The molecule has 0 bridgehead atoms. The molecule has 0 aliphatic heterocycles. The van der Waals surface area contributed by atoms with Crippen molar-refractivity contribution >= 4 is 17.7 Å². The van der Waals surface area contributed by atoms with Crippen molar-refractivity contribution in [2.24, 2.45) is 0 Å². The van der Waals surface area contributed by atoms with Crippen LogP contribution in [0.4, 0.5) is 0 Å². The fourth-order valence-corrected chi connectivity index (χ4v) is 2.02. The molecule has 2 N–H and O–H groups in total. The zero-order chi connectivity index (χ0) is 12.4. The second-order valence-electron chi connectivity index (χ2n) is 3.74. The van der Waals surface area contributed by atoms with Crippen molar-refractivity contribution in [2.75, 3.05) is 31.8 Å². The summed E-state index contributed by atoms with van der Waals surface area (Å²) in [5.41, 5.74) is -0.446. The minimum absolute atomic E-state index is 0.00548. The van der Waals surface area contributed by atoms with Crippen molar-refractivity contribution < 1.29 is 14.6 Å². The lowest BCUT2D eigenvalue weighted by atomic mass is 9.94. The summed E-state index contributed by atoms with van der Waals surface area (Å²) in [6.07, 6.45) is 1.49. The smallest absolute Gasteiger partial charge is 0.230 e. The maximum atomic E-state index is 11.6. The van der Waals surface area contributed by atoms with Crippen molar-refractivity contribution in [1.29, 1.82) is 0 Å². The molecule has 0 saturated heterocycles. The Morgan fingerprint density at radius 1 is 1.44 bits per heavy atom. The van der Waals surface area contributed by atoms with Crippen LogP contribution in [0.3, 0.4) is 0 Å². The van der Waals surface area contributed by atoms with E-state index >= 15 is 0 Å². The Labute approximate surface area is 102 Å². The van der Waals surface area contributed by atoms with Gasteiger partial charge in [-0.1, -0.05) is 13.8 Å². The largest absolute Gasteiger partial charge is 0.394 e. The van der Waals surface area contributed by atoms with Crippen molar-refractivity contribution in [3.63, 3.8) is 0 Å². The molecular weight excluding hydrogens is 226 g/mol. The van der Waals surface area contributed by atoms with E-state index in [9.17, 15) is 9.90 Å². The molecule has 0 aliphatic carbocycles. The summed E-state index contributed by atoms with van der Waals surface area (Å²) in [7, 11) is 1.64. The van der Waals surface area contributed by atoms with Crippen LogP contribution in [0.2, 0.25) is 0 Å². The third-order valence-corrected chi connectivity index (χ3v) is 3.65. The summed E-state index contributed by atoms with van der Waals surface area (Å²) >= 11 is 1.54. The molecule has 0 spiro atoms. The number of aliphatic hydroxyl groups excluding tert-OH is 1. The first kappa shape index (κ1) is 15.7. The Balaban J connectivity index is 3.91. The fraction of sp³-hybridized carbons (Fsp3) is 0.909. The Morgan fingerprint density at radius 2 is 2.06 bits per heavy atom.